The monoisotopic (exact) mass is 167 g/mol. The van der Waals surface area contributed by atoms with Gasteiger partial charge in [-0.2, -0.15) is 0 Å². The molecule has 1 heterocycles. The molecule has 0 unspecified atom stereocenters. The van der Waals surface area contributed by atoms with Gasteiger partial charge < -0.3 is 5.32 Å². The van der Waals surface area contributed by atoms with Gasteiger partial charge in [-0.05, 0) is 12.8 Å². The molecule has 1 amide bonds. The van der Waals surface area contributed by atoms with Gasteiger partial charge in [-0.3, -0.25) is 19.8 Å². The number of carbonyl (C=O) groups is 1. The second-order valence-corrected chi connectivity index (χ2v) is 2.92. The van der Waals surface area contributed by atoms with E-state index in [4.69, 9.17) is 0 Å². The van der Waals surface area contributed by atoms with Crippen LogP contribution < -0.4 is 10.9 Å². The largest absolute Gasteiger partial charge is 0.348 e. The van der Waals surface area contributed by atoms with Crippen LogP contribution in [0.5, 0.6) is 0 Å². The van der Waals surface area contributed by atoms with Crippen LogP contribution in [0.15, 0.2) is 10.9 Å². The Hall–Kier alpha value is -1.52. The molecule has 1 aromatic rings. The van der Waals surface area contributed by atoms with Gasteiger partial charge in [-0.25, -0.2) is 0 Å². The lowest BCUT2D eigenvalue weighted by Gasteiger charge is -1.97. The number of aromatic amines is 2. The minimum atomic E-state index is -0.282. The van der Waals surface area contributed by atoms with E-state index in [1.807, 2.05) is 0 Å². The Bertz CT molecular complexity index is 348. The molecule has 0 spiro atoms. The number of hydrogen-bond acceptors (Lipinski definition) is 2. The summed E-state index contributed by atoms with van der Waals surface area (Å²) in [6.45, 7) is 0. The first kappa shape index (κ1) is 7.15. The van der Waals surface area contributed by atoms with Gasteiger partial charge in [0.05, 0.1) is 0 Å². The van der Waals surface area contributed by atoms with Gasteiger partial charge >= 0.3 is 0 Å². The van der Waals surface area contributed by atoms with Crippen molar-refractivity contribution in [2.75, 3.05) is 0 Å². The Morgan fingerprint density at radius 1 is 1.50 bits per heavy atom. The Morgan fingerprint density at radius 2 is 2.25 bits per heavy atom. The Balaban J connectivity index is 2.07. The molecule has 0 aromatic carbocycles. The molecule has 5 heteroatoms. The zero-order chi connectivity index (χ0) is 8.55. The molecule has 3 N–H and O–H groups in total. The Labute approximate surface area is 68.2 Å². The summed E-state index contributed by atoms with van der Waals surface area (Å²) in [5.41, 5.74) is 0.0165. The van der Waals surface area contributed by atoms with Gasteiger partial charge in [0.15, 0.2) is 0 Å². The van der Waals surface area contributed by atoms with E-state index in [0.717, 1.165) is 12.8 Å². The van der Waals surface area contributed by atoms with Crippen LogP contribution >= 0.6 is 0 Å². The topological polar surface area (TPSA) is 77.8 Å². The van der Waals surface area contributed by atoms with Gasteiger partial charge in [-0.15, -0.1) is 0 Å². The minimum Gasteiger partial charge on any atom is -0.348 e. The Kier molecular flexibility index (Phi) is 1.49. The summed E-state index contributed by atoms with van der Waals surface area (Å²) in [6.07, 6.45) is 2.08. The summed E-state index contributed by atoms with van der Waals surface area (Å²) in [5, 5.41) is 7.54. The van der Waals surface area contributed by atoms with Gasteiger partial charge in [-0.1, -0.05) is 0 Å². The van der Waals surface area contributed by atoms with E-state index in [0.29, 0.717) is 11.7 Å². The lowest BCUT2D eigenvalue weighted by Crippen LogP contribution is -2.25. The molecular formula is C7H9N3O2. The van der Waals surface area contributed by atoms with E-state index in [2.05, 4.69) is 15.5 Å². The quantitative estimate of drug-likeness (QED) is 0.560. The van der Waals surface area contributed by atoms with Crippen LogP contribution in [0.25, 0.3) is 0 Å². The highest BCUT2D eigenvalue weighted by Gasteiger charge is 2.24. The molecule has 0 saturated heterocycles. The molecule has 0 aliphatic heterocycles. The standard InChI is InChI=1S/C7H9N3O2/c11-6-3-5(9-10-6)7(12)8-4-1-2-4/h3-4H,1-2H2,(H,8,12)(H2,9,10,11). The van der Waals surface area contributed by atoms with Gasteiger partial charge in [0.1, 0.15) is 5.69 Å². The third-order valence-electron chi connectivity index (χ3n) is 1.75. The summed E-state index contributed by atoms with van der Waals surface area (Å²) in [5.74, 6) is -0.212. The zero-order valence-corrected chi connectivity index (χ0v) is 6.39. The van der Waals surface area contributed by atoms with Crippen LogP contribution in [0.2, 0.25) is 0 Å². The number of rotatable bonds is 2. The van der Waals surface area contributed by atoms with Crippen molar-refractivity contribution in [2.24, 2.45) is 0 Å². The summed E-state index contributed by atoms with van der Waals surface area (Å²) in [4.78, 5) is 21.8. The van der Waals surface area contributed by atoms with Crippen molar-refractivity contribution in [3.05, 3.63) is 22.1 Å². The van der Waals surface area contributed by atoms with Crippen LogP contribution in [-0.2, 0) is 0 Å². The van der Waals surface area contributed by atoms with Crippen molar-refractivity contribution in [2.45, 2.75) is 18.9 Å². The van der Waals surface area contributed by atoms with E-state index in [-0.39, 0.29) is 11.5 Å². The average molecular weight is 167 g/mol. The maximum absolute atomic E-state index is 11.2. The first-order chi connectivity index (χ1) is 5.75. The van der Waals surface area contributed by atoms with Crippen molar-refractivity contribution in [3.63, 3.8) is 0 Å². The van der Waals surface area contributed by atoms with Crippen LogP contribution in [0, 0.1) is 0 Å². The molecule has 5 nitrogen and oxygen atoms in total. The number of aromatic nitrogens is 2. The fourth-order valence-electron chi connectivity index (χ4n) is 0.945. The molecule has 0 bridgehead atoms. The lowest BCUT2D eigenvalue weighted by molar-refractivity contribution is 0.0946. The first-order valence-electron chi connectivity index (χ1n) is 3.84. The molecule has 2 rings (SSSR count). The lowest BCUT2D eigenvalue weighted by atomic mass is 10.4. The molecule has 0 radical (unpaired) electrons. The third-order valence-corrected chi connectivity index (χ3v) is 1.75. The van der Waals surface area contributed by atoms with Crippen molar-refractivity contribution in [1.29, 1.82) is 0 Å². The number of nitrogens with one attached hydrogen (secondary N) is 3. The second-order valence-electron chi connectivity index (χ2n) is 2.92. The fraction of sp³-hybridized carbons (Fsp3) is 0.429. The zero-order valence-electron chi connectivity index (χ0n) is 6.39. The fourth-order valence-corrected chi connectivity index (χ4v) is 0.945. The highest BCUT2D eigenvalue weighted by atomic mass is 16.2. The van der Waals surface area contributed by atoms with Crippen LogP contribution in [0.4, 0.5) is 0 Å². The van der Waals surface area contributed by atoms with Crippen LogP contribution in [0.1, 0.15) is 23.3 Å². The molecule has 1 fully saturated rings. The van der Waals surface area contributed by atoms with E-state index >= 15 is 0 Å². The van der Waals surface area contributed by atoms with E-state index < -0.39 is 0 Å². The number of H-pyrrole nitrogens is 2. The van der Waals surface area contributed by atoms with Crippen molar-refractivity contribution < 1.29 is 4.79 Å². The maximum Gasteiger partial charge on any atom is 0.269 e. The molecule has 1 aromatic heterocycles. The van der Waals surface area contributed by atoms with Crippen molar-refractivity contribution in [1.82, 2.24) is 15.5 Å². The van der Waals surface area contributed by atoms with Gasteiger partial charge in [0.25, 0.3) is 11.5 Å². The predicted octanol–water partition coefficient (Wildman–Crippen LogP) is -0.405. The summed E-state index contributed by atoms with van der Waals surface area (Å²) in [7, 11) is 0. The summed E-state index contributed by atoms with van der Waals surface area (Å²) >= 11 is 0. The van der Waals surface area contributed by atoms with Crippen LogP contribution in [0.3, 0.4) is 0 Å². The molecule has 12 heavy (non-hydrogen) atoms. The summed E-state index contributed by atoms with van der Waals surface area (Å²) < 4.78 is 0. The van der Waals surface area contributed by atoms with Crippen LogP contribution in [-0.4, -0.2) is 22.1 Å². The Morgan fingerprint density at radius 3 is 2.75 bits per heavy atom. The van der Waals surface area contributed by atoms with Crippen molar-refractivity contribution in [3.8, 4) is 0 Å². The van der Waals surface area contributed by atoms with Gasteiger partial charge in [0.2, 0.25) is 0 Å². The summed E-state index contributed by atoms with van der Waals surface area (Å²) in [6, 6.07) is 1.56. The molecule has 1 saturated carbocycles. The second kappa shape index (κ2) is 2.51. The molecule has 64 valence electrons. The molecule has 0 atom stereocenters. The first-order valence-corrected chi connectivity index (χ1v) is 3.84. The van der Waals surface area contributed by atoms with Crippen molar-refractivity contribution >= 4 is 5.91 Å². The number of carbonyl (C=O) groups excluding carboxylic acids is 1. The average Bonchev–Trinajstić information content (AvgIpc) is 2.72. The molecule has 1 aliphatic rings. The third kappa shape index (κ3) is 1.39. The highest BCUT2D eigenvalue weighted by molar-refractivity contribution is 5.92. The smallest absolute Gasteiger partial charge is 0.269 e. The predicted molar refractivity (Wildman–Crippen MR) is 41.9 cm³/mol. The molecular weight excluding hydrogens is 158 g/mol. The number of amides is 1. The SMILES string of the molecule is O=C(NC1CC1)c1cc(=O)[nH][nH]1. The van der Waals surface area contributed by atoms with E-state index in [1.165, 1.54) is 6.07 Å². The molecule has 1 aliphatic carbocycles. The van der Waals surface area contributed by atoms with Gasteiger partial charge in [0, 0.05) is 12.1 Å². The number of hydrogen-bond donors (Lipinski definition) is 3. The maximum atomic E-state index is 11.2. The van der Waals surface area contributed by atoms with E-state index in [1.54, 1.807) is 0 Å². The minimum absolute atomic E-state index is 0.212. The van der Waals surface area contributed by atoms with E-state index in [9.17, 15) is 9.59 Å². The normalized spacial score (nSPS) is 16.0. The highest BCUT2D eigenvalue weighted by Crippen LogP contribution is 2.18.